The highest BCUT2D eigenvalue weighted by molar-refractivity contribution is 14.0. The highest BCUT2D eigenvalue weighted by atomic mass is 127. The zero-order chi connectivity index (χ0) is 14.6. The summed E-state index contributed by atoms with van der Waals surface area (Å²) >= 11 is 0. The molecule has 0 aromatic heterocycles. The van der Waals surface area contributed by atoms with E-state index in [1.165, 1.54) is 0 Å². The number of hydrogen-bond acceptors (Lipinski definition) is 3. The maximum Gasteiger partial charge on any atom is 0.191 e. The van der Waals surface area contributed by atoms with Crippen molar-refractivity contribution in [3.63, 3.8) is 0 Å². The minimum atomic E-state index is 0. The van der Waals surface area contributed by atoms with Gasteiger partial charge < -0.3 is 20.1 Å². The Labute approximate surface area is 144 Å². The Morgan fingerprint density at radius 3 is 2.19 bits per heavy atom. The molecule has 0 spiro atoms. The van der Waals surface area contributed by atoms with Crippen molar-refractivity contribution < 1.29 is 9.47 Å². The van der Waals surface area contributed by atoms with E-state index in [-0.39, 0.29) is 24.0 Å². The molecule has 5 nitrogen and oxygen atoms in total. The highest BCUT2D eigenvalue weighted by Crippen LogP contribution is 2.12. The van der Waals surface area contributed by atoms with E-state index >= 15 is 0 Å². The SMILES string of the molecule is CCNC(=NCc1ccc(OCCOC)cc1)NCC.I. The van der Waals surface area contributed by atoms with E-state index in [0.29, 0.717) is 19.8 Å². The van der Waals surface area contributed by atoms with Gasteiger partial charge in [0.05, 0.1) is 13.2 Å². The van der Waals surface area contributed by atoms with Crippen molar-refractivity contribution in [1.29, 1.82) is 0 Å². The van der Waals surface area contributed by atoms with E-state index in [0.717, 1.165) is 30.4 Å². The van der Waals surface area contributed by atoms with E-state index in [1.807, 2.05) is 24.3 Å². The van der Waals surface area contributed by atoms with Crippen molar-refractivity contribution in [1.82, 2.24) is 10.6 Å². The molecule has 0 radical (unpaired) electrons. The predicted molar refractivity (Wildman–Crippen MR) is 97.7 cm³/mol. The summed E-state index contributed by atoms with van der Waals surface area (Å²) in [7, 11) is 1.66. The maximum absolute atomic E-state index is 5.52. The quantitative estimate of drug-likeness (QED) is 0.301. The highest BCUT2D eigenvalue weighted by Gasteiger charge is 1.97. The van der Waals surface area contributed by atoms with Crippen LogP contribution in [0.15, 0.2) is 29.3 Å². The van der Waals surface area contributed by atoms with Gasteiger partial charge in [0.2, 0.25) is 0 Å². The smallest absolute Gasteiger partial charge is 0.191 e. The average molecular weight is 407 g/mol. The molecular formula is C15H26IN3O2. The molecule has 0 aliphatic rings. The van der Waals surface area contributed by atoms with Crippen LogP contribution in [0.2, 0.25) is 0 Å². The lowest BCUT2D eigenvalue weighted by Gasteiger charge is -2.09. The topological polar surface area (TPSA) is 54.9 Å². The van der Waals surface area contributed by atoms with Gasteiger partial charge in [0.1, 0.15) is 12.4 Å². The van der Waals surface area contributed by atoms with Crippen molar-refractivity contribution in [3.05, 3.63) is 29.8 Å². The first kappa shape index (κ1) is 20.0. The van der Waals surface area contributed by atoms with Gasteiger partial charge in [0.15, 0.2) is 5.96 Å². The Morgan fingerprint density at radius 2 is 1.67 bits per heavy atom. The Kier molecular flexibility index (Phi) is 12.1. The summed E-state index contributed by atoms with van der Waals surface area (Å²) in [6.07, 6.45) is 0. The molecule has 1 rings (SSSR count). The van der Waals surface area contributed by atoms with Crippen LogP contribution < -0.4 is 15.4 Å². The number of aliphatic imine (C=N–C) groups is 1. The third-order valence-electron chi connectivity index (χ3n) is 2.59. The molecule has 0 amide bonds. The van der Waals surface area contributed by atoms with Crippen LogP contribution in [0.3, 0.4) is 0 Å². The lowest BCUT2D eigenvalue weighted by atomic mass is 10.2. The molecule has 21 heavy (non-hydrogen) atoms. The molecule has 6 heteroatoms. The second-order valence-electron chi connectivity index (χ2n) is 4.21. The van der Waals surface area contributed by atoms with E-state index in [2.05, 4.69) is 29.5 Å². The van der Waals surface area contributed by atoms with Gasteiger partial charge in [0.25, 0.3) is 0 Å². The molecule has 0 unspecified atom stereocenters. The number of ether oxygens (including phenoxy) is 2. The number of hydrogen-bond donors (Lipinski definition) is 2. The first-order chi connectivity index (χ1) is 9.80. The van der Waals surface area contributed by atoms with E-state index in [4.69, 9.17) is 9.47 Å². The van der Waals surface area contributed by atoms with Crippen molar-refractivity contribution in [2.24, 2.45) is 4.99 Å². The van der Waals surface area contributed by atoms with Crippen molar-refractivity contribution >= 4 is 29.9 Å². The molecule has 0 aliphatic heterocycles. The fourth-order valence-electron chi connectivity index (χ4n) is 1.61. The van der Waals surface area contributed by atoms with Gasteiger partial charge >= 0.3 is 0 Å². The van der Waals surface area contributed by atoms with Crippen LogP contribution >= 0.6 is 24.0 Å². The number of halogens is 1. The lowest BCUT2D eigenvalue weighted by molar-refractivity contribution is 0.146. The number of benzene rings is 1. The van der Waals surface area contributed by atoms with Crippen molar-refractivity contribution in [2.45, 2.75) is 20.4 Å². The van der Waals surface area contributed by atoms with Crippen molar-refractivity contribution in [3.8, 4) is 5.75 Å². The fourth-order valence-corrected chi connectivity index (χ4v) is 1.61. The monoisotopic (exact) mass is 407 g/mol. The molecule has 2 N–H and O–H groups in total. The van der Waals surface area contributed by atoms with Crippen LogP contribution in [-0.4, -0.2) is 39.4 Å². The van der Waals surface area contributed by atoms with Crippen LogP contribution in [0.4, 0.5) is 0 Å². The number of methoxy groups -OCH3 is 1. The molecule has 0 atom stereocenters. The molecule has 1 aromatic rings. The minimum Gasteiger partial charge on any atom is -0.491 e. The van der Waals surface area contributed by atoms with Crippen LogP contribution in [0, 0.1) is 0 Å². The van der Waals surface area contributed by atoms with Gasteiger partial charge in [-0.25, -0.2) is 4.99 Å². The van der Waals surface area contributed by atoms with Crippen LogP contribution in [-0.2, 0) is 11.3 Å². The molecule has 1 aromatic carbocycles. The molecule has 0 saturated heterocycles. The third kappa shape index (κ3) is 8.77. The molecular weight excluding hydrogens is 381 g/mol. The summed E-state index contributed by atoms with van der Waals surface area (Å²) < 4.78 is 10.5. The molecule has 120 valence electrons. The standard InChI is InChI=1S/C15H25N3O2.HI/c1-4-16-15(17-5-2)18-12-13-6-8-14(9-7-13)20-11-10-19-3;/h6-9H,4-5,10-12H2,1-3H3,(H2,16,17,18);1H. The first-order valence-electron chi connectivity index (χ1n) is 7.03. The number of nitrogens with one attached hydrogen (secondary N) is 2. The number of guanidine groups is 1. The Balaban J connectivity index is 0.00000400. The zero-order valence-corrected chi connectivity index (χ0v) is 15.3. The van der Waals surface area contributed by atoms with E-state index in [1.54, 1.807) is 7.11 Å². The largest absolute Gasteiger partial charge is 0.491 e. The van der Waals surface area contributed by atoms with Crippen LogP contribution in [0.1, 0.15) is 19.4 Å². The van der Waals surface area contributed by atoms with Gasteiger partial charge in [-0.3, -0.25) is 0 Å². The molecule has 0 aliphatic carbocycles. The lowest BCUT2D eigenvalue weighted by Crippen LogP contribution is -2.36. The summed E-state index contributed by atoms with van der Waals surface area (Å²) in [4.78, 5) is 4.51. The van der Waals surface area contributed by atoms with Crippen molar-refractivity contribution in [2.75, 3.05) is 33.4 Å². The van der Waals surface area contributed by atoms with Gasteiger partial charge in [0, 0.05) is 20.2 Å². The van der Waals surface area contributed by atoms with E-state index < -0.39 is 0 Å². The second kappa shape index (κ2) is 12.7. The average Bonchev–Trinajstić information content (AvgIpc) is 2.47. The zero-order valence-electron chi connectivity index (χ0n) is 13.0. The Bertz CT molecular complexity index is 388. The summed E-state index contributed by atoms with van der Waals surface area (Å²) in [6.45, 7) is 7.64. The number of rotatable bonds is 8. The molecule has 0 heterocycles. The van der Waals surface area contributed by atoms with Gasteiger partial charge in [-0.15, -0.1) is 24.0 Å². The molecule has 0 saturated carbocycles. The number of nitrogens with zero attached hydrogens (tertiary/aromatic N) is 1. The van der Waals surface area contributed by atoms with Gasteiger partial charge in [-0.1, -0.05) is 12.1 Å². The predicted octanol–water partition coefficient (Wildman–Crippen LogP) is 2.40. The van der Waals surface area contributed by atoms with Crippen LogP contribution in [0.25, 0.3) is 0 Å². The molecule has 0 bridgehead atoms. The summed E-state index contributed by atoms with van der Waals surface area (Å²) in [5.74, 6) is 1.70. The fraction of sp³-hybridized carbons (Fsp3) is 0.533. The summed E-state index contributed by atoms with van der Waals surface area (Å²) in [6, 6.07) is 7.98. The third-order valence-corrected chi connectivity index (χ3v) is 2.59. The summed E-state index contributed by atoms with van der Waals surface area (Å²) in [5.41, 5.74) is 1.15. The normalized spacial score (nSPS) is 9.48. The Hall–Kier alpha value is -1.02. The van der Waals surface area contributed by atoms with Gasteiger partial charge in [-0.2, -0.15) is 0 Å². The van der Waals surface area contributed by atoms with E-state index in [9.17, 15) is 0 Å². The van der Waals surface area contributed by atoms with Crippen LogP contribution in [0.5, 0.6) is 5.75 Å². The minimum absolute atomic E-state index is 0. The second-order valence-corrected chi connectivity index (χ2v) is 4.21. The first-order valence-corrected chi connectivity index (χ1v) is 7.03. The Morgan fingerprint density at radius 1 is 1.05 bits per heavy atom. The maximum atomic E-state index is 5.52. The molecule has 0 fully saturated rings. The van der Waals surface area contributed by atoms with Gasteiger partial charge in [-0.05, 0) is 31.5 Å². The summed E-state index contributed by atoms with van der Waals surface area (Å²) in [5, 5.41) is 6.40.